The predicted molar refractivity (Wildman–Crippen MR) is 68.9 cm³/mol. The summed E-state index contributed by atoms with van der Waals surface area (Å²) < 4.78 is 0. The van der Waals surface area contributed by atoms with Crippen LogP contribution in [0.2, 0.25) is 0 Å². The average Bonchev–Trinajstić information content (AvgIpc) is 3.02. The first-order valence-electron chi connectivity index (χ1n) is 6.41. The van der Waals surface area contributed by atoms with Crippen molar-refractivity contribution in [3.63, 3.8) is 0 Å². The lowest BCUT2D eigenvalue weighted by molar-refractivity contribution is -0.142. The normalized spacial score (nSPS) is 19.1. The number of aliphatic carboxylic acids is 1. The summed E-state index contributed by atoms with van der Waals surface area (Å²) in [4.78, 5) is 23.0. The van der Waals surface area contributed by atoms with Gasteiger partial charge in [0, 0.05) is 13.1 Å². The van der Waals surface area contributed by atoms with Crippen LogP contribution in [0.4, 0.5) is 0 Å². The highest BCUT2D eigenvalue weighted by molar-refractivity contribution is 5.86. The van der Waals surface area contributed by atoms with E-state index in [0.717, 1.165) is 12.8 Å². The van der Waals surface area contributed by atoms with Crippen LogP contribution >= 0.6 is 0 Å². The van der Waals surface area contributed by atoms with Crippen molar-refractivity contribution in [2.24, 2.45) is 22.5 Å². The summed E-state index contributed by atoms with van der Waals surface area (Å²) in [6.07, 6.45) is 2.16. The van der Waals surface area contributed by atoms with Crippen LogP contribution in [0.25, 0.3) is 0 Å². The number of hydrogen-bond acceptors (Lipinski definition) is 3. The zero-order chi connectivity index (χ0) is 14.0. The number of carboxylic acid groups (broad SMARTS) is 1. The number of hydrogen-bond donors (Lipinski definition) is 3. The monoisotopic (exact) mass is 256 g/mol. The van der Waals surface area contributed by atoms with E-state index in [4.69, 9.17) is 10.8 Å². The van der Waals surface area contributed by atoms with Gasteiger partial charge in [-0.15, -0.1) is 0 Å². The van der Waals surface area contributed by atoms with Crippen molar-refractivity contribution in [3.8, 4) is 0 Å². The minimum atomic E-state index is -0.858. The van der Waals surface area contributed by atoms with Crippen LogP contribution in [-0.2, 0) is 9.59 Å². The fourth-order valence-electron chi connectivity index (χ4n) is 2.06. The topological polar surface area (TPSA) is 92.4 Å². The Kier molecular flexibility index (Phi) is 4.37. The summed E-state index contributed by atoms with van der Waals surface area (Å²) in [6.45, 7) is 6.51. The molecule has 0 aromatic carbocycles. The summed E-state index contributed by atoms with van der Waals surface area (Å²) in [6, 6.07) is 0. The first-order valence-corrected chi connectivity index (χ1v) is 6.41. The zero-order valence-corrected chi connectivity index (χ0v) is 11.5. The Bertz CT molecular complexity index is 330. The van der Waals surface area contributed by atoms with Crippen molar-refractivity contribution < 1.29 is 14.7 Å². The van der Waals surface area contributed by atoms with E-state index >= 15 is 0 Å². The first kappa shape index (κ1) is 15.0. The molecule has 5 heteroatoms. The number of carbonyl (C=O) groups is 2. The Morgan fingerprint density at radius 2 is 1.94 bits per heavy atom. The van der Waals surface area contributed by atoms with Gasteiger partial charge >= 0.3 is 5.97 Å². The summed E-state index contributed by atoms with van der Waals surface area (Å²) in [7, 11) is 0. The number of nitrogens with one attached hydrogen (secondary N) is 1. The van der Waals surface area contributed by atoms with Gasteiger partial charge in [0.2, 0.25) is 5.91 Å². The highest BCUT2D eigenvalue weighted by Gasteiger charge is 2.48. The molecule has 0 aromatic rings. The SMILES string of the molecule is CC(C)(C)CC(CNC(=O)C1(CN)CC1)C(=O)O. The molecular formula is C13H24N2O3. The van der Waals surface area contributed by atoms with Gasteiger partial charge in [0.1, 0.15) is 0 Å². The van der Waals surface area contributed by atoms with E-state index in [9.17, 15) is 9.59 Å². The second-order valence-corrected chi connectivity index (χ2v) is 6.49. The second-order valence-electron chi connectivity index (χ2n) is 6.49. The van der Waals surface area contributed by atoms with Gasteiger partial charge < -0.3 is 16.2 Å². The number of carbonyl (C=O) groups excluding carboxylic acids is 1. The molecule has 104 valence electrons. The smallest absolute Gasteiger partial charge is 0.308 e. The molecule has 1 aliphatic carbocycles. The van der Waals surface area contributed by atoms with Crippen molar-refractivity contribution in [1.82, 2.24) is 5.32 Å². The molecule has 5 nitrogen and oxygen atoms in total. The van der Waals surface area contributed by atoms with Crippen molar-refractivity contribution in [3.05, 3.63) is 0 Å². The van der Waals surface area contributed by atoms with Gasteiger partial charge in [-0.25, -0.2) is 0 Å². The molecule has 1 saturated carbocycles. The summed E-state index contributed by atoms with van der Waals surface area (Å²) in [5.74, 6) is -1.49. The Morgan fingerprint density at radius 1 is 1.39 bits per heavy atom. The van der Waals surface area contributed by atoms with Crippen LogP contribution in [-0.4, -0.2) is 30.1 Å². The molecule has 18 heavy (non-hydrogen) atoms. The fourth-order valence-corrected chi connectivity index (χ4v) is 2.06. The molecule has 0 spiro atoms. The van der Waals surface area contributed by atoms with E-state index < -0.39 is 17.3 Å². The molecule has 1 unspecified atom stereocenters. The largest absolute Gasteiger partial charge is 0.481 e. The average molecular weight is 256 g/mol. The molecular weight excluding hydrogens is 232 g/mol. The molecule has 0 radical (unpaired) electrons. The number of carboxylic acids is 1. The van der Waals surface area contributed by atoms with Gasteiger partial charge in [0.05, 0.1) is 11.3 Å². The van der Waals surface area contributed by atoms with Gasteiger partial charge in [0.25, 0.3) is 0 Å². The number of nitrogens with two attached hydrogens (primary N) is 1. The van der Waals surface area contributed by atoms with Gasteiger partial charge in [-0.05, 0) is 24.7 Å². The third kappa shape index (κ3) is 3.98. The third-order valence-electron chi connectivity index (χ3n) is 3.44. The summed E-state index contributed by atoms with van der Waals surface area (Å²) >= 11 is 0. The maximum atomic E-state index is 11.9. The van der Waals surface area contributed by atoms with Gasteiger partial charge in [0.15, 0.2) is 0 Å². The third-order valence-corrected chi connectivity index (χ3v) is 3.44. The fraction of sp³-hybridized carbons (Fsp3) is 0.846. The van der Waals surface area contributed by atoms with Crippen molar-refractivity contribution in [2.45, 2.75) is 40.0 Å². The van der Waals surface area contributed by atoms with Gasteiger partial charge in [-0.3, -0.25) is 9.59 Å². The van der Waals surface area contributed by atoms with Crippen molar-refractivity contribution in [1.29, 1.82) is 0 Å². The molecule has 4 N–H and O–H groups in total. The molecule has 1 aliphatic rings. The minimum Gasteiger partial charge on any atom is -0.481 e. The molecule has 0 aromatic heterocycles. The molecule has 0 saturated heterocycles. The molecule has 0 bridgehead atoms. The minimum absolute atomic E-state index is 0.0705. The molecule has 1 amide bonds. The highest BCUT2D eigenvalue weighted by Crippen LogP contribution is 2.44. The Hall–Kier alpha value is -1.10. The number of amides is 1. The summed E-state index contributed by atoms with van der Waals surface area (Å²) in [5.41, 5.74) is 5.08. The Labute approximate surface area is 108 Å². The van der Waals surface area contributed by atoms with Crippen molar-refractivity contribution in [2.75, 3.05) is 13.1 Å². The van der Waals surface area contributed by atoms with E-state index in [1.54, 1.807) is 0 Å². The predicted octanol–water partition coefficient (Wildman–Crippen LogP) is 0.979. The lowest BCUT2D eigenvalue weighted by atomic mass is 9.84. The quantitative estimate of drug-likeness (QED) is 0.660. The van der Waals surface area contributed by atoms with Crippen LogP contribution in [0.1, 0.15) is 40.0 Å². The van der Waals surface area contributed by atoms with Crippen LogP contribution in [0.15, 0.2) is 0 Å². The molecule has 1 atom stereocenters. The zero-order valence-electron chi connectivity index (χ0n) is 11.5. The molecule has 0 aliphatic heterocycles. The van der Waals surface area contributed by atoms with E-state index in [1.807, 2.05) is 20.8 Å². The Morgan fingerprint density at radius 3 is 2.28 bits per heavy atom. The number of rotatable bonds is 6. The summed E-state index contributed by atoms with van der Waals surface area (Å²) in [5, 5.41) is 11.9. The van der Waals surface area contributed by atoms with E-state index in [0.29, 0.717) is 13.0 Å². The van der Waals surface area contributed by atoms with Crippen LogP contribution < -0.4 is 11.1 Å². The van der Waals surface area contributed by atoms with Gasteiger partial charge in [-0.2, -0.15) is 0 Å². The van der Waals surface area contributed by atoms with E-state index in [1.165, 1.54) is 0 Å². The molecule has 1 rings (SSSR count). The molecule has 1 fully saturated rings. The lowest BCUT2D eigenvalue weighted by Crippen LogP contribution is -2.41. The first-order chi connectivity index (χ1) is 8.20. The van der Waals surface area contributed by atoms with E-state index in [2.05, 4.69) is 5.32 Å². The second kappa shape index (κ2) is 5.26. The van der Waals surface area contributed by atoms with Crippen molar-refractivity contribution >= 4 is 11.9 Å². The molecule has 0 heterocycles. The highest BCUT2D eigenvalue weighted by atomic mass is 16.4. The van der Waals surface area contributed by atoms with Crippen LogP contribution in [0, 0.1) is 16.7 Å². The Balaban J connectivity index is 2.48. The van der Waals surface area contributed by atoms with Crippen LogP contribution in [0.3, 0.4) is 0 Å². The van der Waals surface area contributed by atoms with Crippen LogP contribution in [0.5, 0.6) is 0 Å². The maximum Gasteiger partial charge on any atom is 0.308 e. The maximum absolute atomic E-state index is 11.9. The van der Waals surface area contributed by atoms with E-state index in [-0.39, 0.29) is 17.9 Å². The van der Waals surface area contributed by atoms with Gasteiger partial charge in [-0.1, -0.05) is 20.8 Å². The lowest BCUT2D eigenvalue weighted by Gasteiger charge is -2.24. The standard InChI is InChI=1S/C13H24N2O3/c1-12(2,3)6-9(10(16)17)7-15-11(18)13(8-14)4-5-13/h9H,4-8,14H2,1-3H3,(H,15,18)(H,16,17).